The molecule has 0 aromatic rings. The molecule has 0 nitrogen and oxygen atoms in total. The molecule has 0 aliphatic heterocycles. The standard InChI is InChI=1S/C9H17Cl/c1-8(2)6-5-7-9(3,4)10/h1,5-7H2,2-4H3/i3D3,4D3. The zero-order valence-electron chi connectivity index (χ0n) is 12.2. The van der Waals surface area contributed by atoms with Gasteiger partial charge in [0.2, 0.25) is 0 Å². The van der Waals surface area contributed by atoms with E-state index < -0.39 is 18.6 Å². The normalized spacial score (nSPS) is 23.0. The van der Waals surface area contributed by atoms with Gasteiger partial charge in [0.05, 0.1) is 0 Å². The Hall–Kier alpha value is 0.0300. The van der Waals surface area contributed by atoms with Gasteiger partial charge in [0.25, 0.3) is 0 Å². The molecule has 0 aromatic heterocycles. The molecule has 0 heterocycles. The molecule has 0 atom stereocenters. The molecule has 0 aliphatic rings. The third-order valence-electron chi connectivity index (χ3n) is 1.12. The van der Waals surface area contributed by atoms with E-state index in [1.54, 1.807) is 6.92 Å². The van der Waals surface area contributed by atoms with Gasteiger partial charge in [-0.3, -0.25) is 0 Å². The monoisotopic (exact) mass is 166 g/mol. The fourth-order valence-electron chi connectivity index (χ4n) is 0.634. The maximum Gasteiger partial charge on any atom is 0.0390 e. The van der Waals surface area contributed by atoms with Crippen LogP contribution in [0.4, 0.5) is 0 Å². The van der Waals surface area contributed by atoms with Crippen molar-refractivity contribution in [2.45, 2.75) is 44.8 Å². The lowest BCUT2D eigenvalue weighted by atomic mass is 10.0. The highest BCUT2D eigenvalue weighted by molar-refractivity contribution is 6.23. The average molecular weight is 167 g/mol. The van der Waals surface area contributed by atoms with E-state index in [2.05, 4.69) is 6.58 Å². The van der Waals surface area contributed by atoms with Crippen molar-refractivity contribution < 1.29 is 8.22 Å². The maximum absolute atomic E-state index is 7.25. The Balaban J connectivity index is 4.78. The molecule has 0 N–H and O–H groups in total. The largest absolute Gasteiger partial charge is 0.120 e. The Labute approximate surface area is 77.7 Å². The third-order valence-corrected chi connectivity index (χ3v) is 1.31. The van der Waals surface area contributed by atoms with E-state index in [4.69, 9.17) is 19.8 Å². The summed E-state index contributed by atoms with van der Waals surface area (Å²) in [5.41, 5.74) is 0.884. The smallest absolute Gasteiger partial charge is 0.0390 e. The number of hydrogen-bond donors (Lipinski definition) is 0. The summed E-state index contributed by atoms with van der Waals surface area (Å²) >= 11 is 5.82. The van der Waals surface area contributed by atoms with E-state index in [-0.39, 0.29) is 6.42 Å². The molecule has 10 heavy (non-hydrogen) atoms. The molecule has 0 unspecified atom stereocenters. The van der Waals surface area contributed by atoms with Gasteiger partial charge >= 0.3 is 0 Å². The highest BCUT2D eigenvalue weighted by Gasteiger charge is 2.11. The van der Waals surface area contributed by atoms with Gasteiger partial charge in [-0.05, 0) is 39.9 Å². The van der Waals surface area contributed by atoms with Crippen LogP contribution in [-0.4, -0.2) is 4.87 Å². The second-order valence-corrected chi connectivity index (χ2v) is 3.26. The lowest BCUT2D eigenvalue weighted by Gasteiger charge is -2.14. The van der Waals surface area contributed by atoms with Gasteiger partial charge in [-0.25, -0.2) is 0 Å². The van der Waals surface area contributed by atoms with Gasteiger partial charge in [-0.15, -0.1) is 18.2 Å². The number of rotatable bonds is 4. The van der Waals surface area contributed by atoms with Gasteiger partial charge in [0.1, 0.15) is 0 Å². The van der Waals surface area contributed by atoms with Crippen LogP contribution < -0.4 is 0 Å². The van der Waals surface area contributed by atoms with Crippen molar-refractivity contribution in [2.75, 3.05) is 0 Å². The van der Waals surface area contributed by atoms with Crippen molar-refractivity contribution in [1.29, 1.82) is 0 Å². The first-order valence-corrected chi connectivity index (χ1v) is 3.63. The molecule has 0 saturated heterocycles. The highest BCUT2D eigenvalue weighted by atomic mass is 35.5. The van der Waals surface area contributed by atoms with Gasteiger partial charge in [-0.1, -0.05) is 5.57 Å². The Morgan fingerprint density at radius 2 is 2.30 bits per heavy atom. The van der Waals surface area contributed by atoms with Crippen LogP contribution in [0.1, 0.15) is 48.1 Å². The zero-order chi connectivity index (χ0) is 13.2. The first-order valence-electron chi connectivity index (χ1n) is 6.25. The predicted molar refractivity (Wildman–Crippen MR) is 48.6 cm³/mol. The van der Waals surface area contributed by atoms with Gasteiger partial charge in [-0.2, -0.15) is 0 Å². The van der Waals surface area contributed by atoms with E-state index >= 15 is 0 Å². The third kappa shape index (κ3) is 8.03. The second-order valence-electron chi connectivity index (χ2n) is 2.61. The topological polar surface area (TPSA) is 0 Å². The minimum Gasteiger partial charge on any atom is -0.120 e. The summed E-state index contributed by atoms with van der Waals surface area (Å²) in [6.07, 6.45) is 0.921. The summed E-state index contributed by atoms with van der Waals surface area (Å²) in [4.78, 5) is -2.16. The number of alkyl halides is 1. The molecule has 0 spiro atoms. The van der Waals surface area contributed by atoms with Crippen LogP contribution in [0.25, 0.3) is 0 Å². The summed E-state index contributed by atoms with van der Waals surface area (Å²) in [5, 5.41) is 0. The molecule has 0 amide bonds. The van der Waals surface area contributed by atoms with E-state index in [0.717, 1.165) is 5.57 Å². The van der Waals surface area contributed by atoms with Crippen LogP contribution in [0.5, 0.6) is 0 Å². The number of halogens is 1. The first-order chi connectivity index (χ1) is 6.92. The van der Waals surface area contributed by atoms with Gasteiger partial charge in [0.15, 0.2) is 0 Å². The Kier molecular flexibility index (Phi) is 1.46. The summed E-state index contributed by atoms with van der Waals surface area (Å²) in [7, 11) is 0. The van der Waals surface area contributed by atoms with Crippen LogP contribution in [-0.2, 0) is 0 Å². The van der Waals surface area contributed by atoms with Crippen molar-refractivity contribution in [3.05, 3.63) is 12.2 Å². The predicted octanol–water partition coefficient (Wildman–Crippen LogP) is 3.75. The Morgan fingerprint density at radius 3 is 2.70 bits per heavy atom. The molecule has 0 radical (unpaired) electrons. The molecule has 0 aromatic carbocycles. The minimum atomic E-state index is -2.70. The quantitative estimate of drug-likeness (QED) is 0.441. The fourth-order valence-corrected chi connectivity index (χ4v) is 0.767. The zero-order valence-corrected chi connectivity index (χ0v) is 6.96. The maximum atomic E-state index is 7.25. The lowest BCUT2D eigenvalue weighted by Crippen LogP contribution is -2.08. The Morgan fingerprint density at radius 1 is 1.70 bits per heavy atom. The Bertz CT molecular complexity index is 238. The molecule has 0 saturated carbocycles. The van der Waals surface area contributed by atoms with E-state index in [1.165, 1.54) is 0 Å². The second kappa shape index (κ2) is 4.02. The SMILES string of the molecule is [2H]C([2H])([2H])C(Cl)(CCCC(=C)C)C([2H])([2H])[2H]. The summed E-state index contributed by atoms with van der Waals surface area (Å²) in [6, 6.07) is 0. The van der Waals surface area contributed by atoms with Crippen LogP contribution >= 0.6 is 11.6 Å². The molecule has 1 heteroatoms. The van der Waals surface area contributed by atoms with E-state index in [1.807, 2.05) is 0 Å². The molecular formula is C9H17Cl. The van der Waals surface area contributed by atoms with Crippen molar-refractivity contribution in [1.82, 2.24) is 0 Å². The summed E-state index contributed by atoms with van der Waals surface area (Å²) < 4.78 is 43.5. The van der Waals surface area contributed by atoms with E-state index in [9.17, 15) is 0 Å². The van der Waals surface area contributed by atoms with Gasteiger partial charge < -0.3 is 0 Å². The molecule has 0 rings (SSSR count). The first kappa shape index (κ1) is 3.62. The van der Waals surface area contributed by atoms with Crippen LogP contribution in [0.2, 0.25) is 0 Å². The number of allylic oxidation sites excluding steroid dienone is 1. The van der Waals surface area contributed by atoms with Crippen LogP contribution in [0.3, 0.4) is 0 Å². The minimum absolute atomic E-state index is 0.0750. The van der Waals surface area contributed by atoms with E-state index in [0.29, 0.717) is 12.8 Å². The summed E-state index contributed by atoms with van der Waals surface area (Å²) in [6.45, 7) is 0.0818. The highest BCUT2D eigenvalue weighted by Crippen LogP contribution is 2.21. The van der Waals surface area contributed by atoms with Crippen molar-refractivity contribution in [3.8, 4) is 0 Å². The molecule has 0 fully saturated rings. The van der Waals surface area contributed by atoms with Crippen molar-refractivity contribution in [2.24, 2.45) is 0 Å². The lowest BCUT2D eigenvalue weighted by molar-refractivity contribution is 0.590. The fraction of sp³-hybridized carbons (Fsp3) is 0.778. The van der Waals surface area contributed by atoms with Crippen LogP contribution in [0, 0.1) is 0 Å². The number of hydrogen-bond acceptors (Lipinski definition) is 0. The molecule has 0 aliphatic carbocycles. The van der Waals surface area contributed by atoms with Gasteiger partial charge in [0, 0.05) is 13.1 Å². The van der Waals surface area contributed by atoms with Crippen LogP contribution in [0.15, 0.2) is 12.2 Å². The average Bonchev–Trinajstić information content (AvgIpc) is 1.98. The molecule has 60 valence electrons. The van der Waals surface area contributed by atoms with Crippen molar-refractivity contribution >= 4 is 11.6 Å². The van der Waals surface area contributed by atoms with Crippen molar-refractivity contribution in [3.63, 3.8) is 0 Å². The molecular weight excluding hydrogens is 144 g/mol. The summed E-state index contributed by atoms with van der Waals surface area (Å²) in [5.74, 6) is 0. The molecule has 0 bridgehead atoms.